The molecule has 9 heteroatoms. The number of methoxy groups -OCH3 is 1. The van der Waals surface area contributed by atoms with Crippen molar-refractivity contribution in [2.24, 2.45) is 0 Å². The number of pyridine rings is 1. The van der Waals surface area contributed by atoms with E-state index in [0.717, 1.165) is 50.2 Å². The molecule has 0 saturated carbocycles. The minimum Gasteiger partial charge on any atom is -0.480 e. The third-order valence-corrected chi connectivity index (χ3v) is 5.41. The molecule has 2 rings (SSSR count). The lowest BCUT2D eigenvalue weighted by Gasteiger charge is -2.30. The number of unbranched alkanes of at least 4 members (excludes halogenated alkanes) is 1. The maximum Gasteiger partial charge on any atom is 0.326 e. The Morgan fingerprint density at radius 3 is 2.82 bits per heavy atom. The molecule has 0 bridgehead atoms. The Morgan fingerprint density at radius 1 is 1.39 bits per heavy atom. The Bertz CT molecular complexity index is 718. The van der Waals surface area contributed by atoms with Crippen LogP contribution in [-0.4, -0.2) is 79.0 Å². The van der Waals surface area contributed by atoms with Crippen LogP contribution in [0.5, 0.6) is 0 Å². The fraction of sp³-hybridized carbons (Fsp3) is 0.708. The van der Waals surface area contributed by atoms with E-state index in [4.69, 9.17) is 9.72 Å². The Kier molecular flexibility index (Phi) is 13.6. The molecule has 0 aliphatic carbocycles. The van der Waals surface area contributed by atoms with Gasteiger partial charge in [0, 0.05) is 32.4 Å². The van der Waals surface area contributed by atoms with Crippen LogP contribution >= 0.6 is 0 Å². The minimum atomic E-state index is -1.54. The number of ether oxygens (including phenoxy) is 1. The van der Waals surface area contributed by atoms with Crippen LogP contribution in [0, 0.1) is 0 Å². The standard InChI is InChI=1S/C22H35FN4O4.C2H6/c1-22(23,15-31-2)14-27(13-10-19(21(29)30)25-16-28)12-4-3-7-18-9-8-17-6-5-11-24-20(17)26-18;1-2/h8-9,16,19H,3-7,10-15H2,1-2H3,(H,24,26)(H,25,28)(H,29,30);1-2H3. The molecule has 33 heavy (non-hydrogen) atoms. The zero-order chi connectivity index (χ0) is 24.7. The fourth-order valence-corrected chi connectivity index (χ4v) is 3.90. The molecule has 2 heterocycles. The summed E-state index contributed by atoms with van der Waals surface area (Å²) >= 11 is 0. The second-order valence-electron chi connectivity index (χ2n) is 8.38. The van der Waals surface area contributed by atoms with Gasteiger partial charge in [-0.2, -0.15) is 0 Å². The van der Waals surface area contributed by atoms with E-state index in [9.17, 15) is 19.1 Å². The van der Waals surface area contributed by atoms with Crippen LogP contribution in [0.25, 0.3) is 0 Å². The molecular weight excluding hydrogens is 427 g/mol. The first-order valence-electron chi connectivity index (χ1n) is 11.9. The van der Waals surface area contributed by atoms with E-state index in [-0.39, 0.29) is 19.6 Å². The number of halogens is 1. The summed E-state index contributed by atoms with van der Waals surface area (Å²) < 4.78 is 19.7. The van der Waals surface area contributed by atoms with Crippen LogP contribution in [0.4, 0.5) is 10.2 Å². The molecule has 1 aromatic heterocycles. The number of anilines is 1. The van der Waals surface area contributed by atoms with Gasteiger partial charge in [-0.25, -0.2) is 14.2 Å². The van der Waals surface area contributed by atoms with Crippen LogP contribution < -0.4 is 10.6 Å². The van der Waals surface area contributed by atoms with Crippen LogP contribution in [0.2, 0.25) is 0 Å². The number of rotatable bonds is 15. The van der Waals surface area contributed by atoms with Gasteiger partial charge in [0.2, 0.25) is 6.41 Å². The number of hydrogen-bond acceptors (Lipinski definition) is 6. The van der Waals surface area contributed by atoms with Gasteiger partial charge >= 0.3 is 5.97 Å². The Balaban J connectivity index is 0.00000265. The topological polar surface area (TPSA) is 104 Å². The lowest BCUT2D eigenvalue weighted by atomic mass is 10.1. The van der Waals surface area contributed by atoms with Crippen molar-refractivity contribution in [1.29, 1.82) is 0 Å². The zero-order valence-corrected chi connectivity index (χ0v) is 20.5. The van der Waals surface area contributed by atoms with E-state index in [2.05, 4.69) is 22.8 Å². The van der Waals surface area contributed by atoms with Crippen molar-refractivity contribution >= 4 is 18.2 Å². The third-order valence-electron chi connectivity index (χ3n) is 5.41. The van der Waals surface area contributed by atoms with Gasteiger partial charge in [0.1, 0.15) is 17.5 Å². The first-order chi connectivity index (χ1) is 15.8. The van der Waals surface area contributed by atoms with Gasteiger partial charge in [0.25, 0.3) is 0 Å². The highest BCUT2D eigenvalue weighted by Crippen LogP contribution is 2.20. The summed E-state index contributed by atoms with van der Waals surface area (Å²) in [4.78, 5) is 28.5. The van der Waals surface area contributed by atoms with E-state index in [1.54, 1.807) is 0 Å². The maximum absolute atomic E-state index is 14.7. The summed E-state index contributed by atoms with van der Waals surface area (Å²) in [5.74, 6) is -0.112. The summed E-state index contributed by atoms with van der Waals surface area (Å²) in [5, 5.41) is 14.9. The van der Waals surface area contributed by atoms with Crippen molar-refractivity contribution < 1.29 is 23.8 Å². The number of carbonyl (C=O) groups excluding carboxylic acids is 1. The highest BCUT2D eigenvalue weighted by molar-refractivity contribution is 5.76. The monoisotopic (exact) mass is 468 g/mol. The highest BCUT2D eigenvalue weighted by Gasteiger charge is 2.27. The smallest absolute Gasteiger partial charge is 0.326 e. The van der Waals surface area contributed by atoms with Crippen LogP contribution in [0.1, 0.15) is 57.7 Å². The predicted octanol–water partition coefficient (Wildman–Crippen LogP) is 3.05. The molecular formula is C24H41FN4O4. The third kappa shape index (κ3) is 10.9. The molecule has 2 unspecified atom stereocenters. The number of aliphatic carboxylic acids is 1. The molecule has 0 spiro atoms. The molecule has 0 fully saturated rings. The number of carboxylic acid groups (broad SMARTS) is 1. The van der Waals surface area contributed by atoms with Crippen LogP contribution in [-0.2, 0) is 27.2 Å². The first-order valence-corrected chi connectivity index (χ1v) is 11.9. The maximum atomic E-state index is 14.7. The van der Waals surface area contributed by atoms with Gasteiger partial charge in [-0.15, -0.1) is 0 Å². The normalized spacial score (nSPS) is 15.3. The predicted molar refractivity (Wildman–Crippen MR) is 128 cm³/mol. The summed E-state index contributed by atoms with van der Waals surface area (Å²) in [7, 11) is 1.46. The van der Waals surface area contributed by atoms with Gasteiger partial charge in [-0.05, 0) is 63.6 Å². The number of aryl methyl sites for hydroxylation is 2. The number of carboxylic acids is 1. The number of hydrogen-bond donors (Lipinski definition) is 3. The Labute approximate surface area is 197 Å². The highest BCUT2D eigenvalue weighted by atomic mass is 19.1. The van der Waals surface area contributed by atoms with E-state index in [1.165, 1.54) is 19.6 Å². The SMILES string of the molecule is CC.COCC(C)(F)CN(CCCCc1ccc2c(n1)NCCC2)CCC(NC=O)C(=O)O. The van der Waals surface area contributed by atoms with Gasteiger partial charge in [-0.1, -0.05) is 19.9 Å². The summed E-state index contributed by atoms with van der Waals surface area (Å²) in [5.41, 5.74) is 0.756. The fourth-order valence-electron chi connectivity index (χ4n) is 3.90. The molecule has 8 nitrogen and oxygen atoms in total. The number of aromatic nitrogens is 1. The molecule has 0 saturated heterocycles. The number of nitrogens with one attached hydrogen (secondary N) is 2. The average Bonchev–Trinajstić information content (AvgIpc) is 2.80. The van der Waals surface area contributed by atoms with Gasteiger partial charge < -0.3 is 20.5 Å². The summed E-state index contributed by atoms with van der Waals surface area (Å²) in [6, 6.07) is 3.23. The lowest BCUT2D eigenvalue weighted by Crippen LogP contribution is -2.44. The van der Waals surface area contributed by atoms with Crippen molar-refractivity contribution in [2.75, 3.05) is 45.2 Å². The van der Waals surface area contributed by atoms with Gasteiger partial charge in [0.05, 0.1) is 6.61 Å². The molecule has 1 amide bonds. The second-order valence-corrected chi connectivity index (χ2v) is 8.38. The van der Waals surface area contributed by atoms with Crippen molar-refractivity contribution in [3.05, 3.63) is 23.4 Å². The van der Waals surface area contributed by atoms with E-state index in [1.807, 2.05) is 18.7 Å². The number of alkyl halides is 1. The van der Waals surface area contributed by atoms with Crippen molar-refractivity contribution in [3.63, 3.8) is 0 Å². The molecule has 2 atom stereocenters. The number of carbonyl (C=O) groups is 2. The molecule has 0 aromatic carbocycles. The quantitative estimate of drug-likeness (QED) is 0.268. The van der Waals surface area contributed by atoms with E-state index < -0.39 is 17.7 Å². The van der Waals surface area contributed by atoms with E-state index in [0.29, 0.717) is 19.5 Å². The number of fused-ring (bicyclic) bond motifs is 1. The average molecular weight is 469 g/mol. The van der Waals surface area contributed by atoms with E-state index >= 15 is 0 Å². The van der Waals surface area contributed by atoms with Crippen molar-refractivity contribution in [3.8, 4) is 0 Å². The van der Waals surface area contributed by atoms with Crippen LogP contribution in [0.3, 0.4) is 0 Å². The molecule has 1 aliphatic heterocycles. The number of nitrogens with zero attached hydrogens (tertiary/aromatic N) is 2. The molecule has 1 aromatic rings. The molecule has 188 valence electrons. The summed E-state index contributed by atoms with van der Waals surface area (Å²) in [6.45, 7) is 7.52. The largest absolute Gasteiger partial charge is 0.480 e. The number of amides is 1. The van der Waals surface area contributed by atoms with Crippen LogP contribution in [0.15, 0.2) is 12.1 Å². The second kappa shape index (κ2) is 15.6. The minimum absolute atomic E-state index is 0.0372. The first kappa shape index (κ1) is 28.8. The van der Waals surface area contributed by atoms with Crippen molar-refractivity contribution in [2.45, 2.75) is 71.0 Å². The van der Waals surface area contributed by atoms with Gasteiger partial charge in [0.15, 0.2) is 0 Å². The van der Waals surface area contributed by atoms with Gasteiger partial charge in [-0.3, -0.25) is 9.69 Å². The Hall–Kier alpha value is -2.26. The zero-order valence-electron chi connectivity index (χ0n) is 20.5. The molecule has 3 N–H and O–H groups in total. The Morgan fingerprint density at radius 2 is 2.15 bits per heavy atom. The summed E-state index contributed by atoms with van der Waals surface area (Å²) in [6.07, 6.45) is 5.33. The molecule has 1 aliphatic rings. The van der Waals surface area contributed by atoms with Crippen molar-refractivity contribution in [1.82, 2.24) is 15.2 Å². The molecule has 0 radical (unpaired) electrons. The lowest BCUT2D eigenvalue weighted by molar-refractivity contribution is -0.140.